The van der Waals surface area contributed by atoms with Crippen LogP contribution in [-0.2, 0) is 6.42 Å². The molecule has 5 heteroatoms. The number of hydrogen-bond acceptors (Lipinski definition) is 4. The molecule has 1 aromatic heterocycles. The minimum absolute atomic E-state index is 0.0272. The van der Waals surface area contributed by atoms with Crippen LogP contribution < -0.4 is 4.90 Å². The zero-order chi connectivity index (χ0) is 20.6. The lowest BCUT2D eigenvalue weighted by Crippen LogP contribution is -2.36. The van der Waals surface area contributed by atoms with E-state index >= 15 is 0 Å². The summed E-state index contributed by atoms with van der Waals surface area (Å²) in [6, 6.07) is 12.6. The number of piperidine rings is 1. The number of amides is 1. The average Bonchev–Trinajstić information content (AvgIpc) is 2.74. The molecule has 156 valence electrons. The zero-order valence-corrected chi connectivity index (χ0v) is 18.1. The standard InChI is InChI=1S/C24H34N4O/c1-4-13-28(14-5-2)24(29)22-18-23(26-19(3)25-22)27-15-11-21(12-16-27)17-20-9-7-6-8-10-20/h6-10,18,21H,4-5,11-17H2,1-3H3. The Morgan fingerprint density at radius 1 is 1.07 bits per heavy atom. The van der Waals surface area contributed by atoms with E-state index < -0.39 is 0 Å². The van der Waals surface area contributed by atoms with Crippen molar-refractivity contribution in [1.29, 1.82) is 0 Å². The smallest absolute Gasteiger partial charge is 0.272 e. The molecule has 2 heterocycles. The molecule has 3 rings (SSSR count). The number of anilines is 1. The van der Waals surface area contributed by atoms with Crippen LogP contribution in [-0.4, -0.2) is 47.0 Å². The molecule has 0 radical (unpaired) electrons. The van der Waals surface area contributed by atoms with Crippen LogP contribution in [0.5, 0.6) is 0 Å². The first-order valence-corrected chi connectivity index (χ1v) is 11.0. The van der Waals surface area contributed by atoms with Crippen LogP contribution >= 0.6 is 0 Å². The monoisotopic (exact) mass is 394 g/mol. The van der Waals surface area contributed by atoms with Crippen LogP contribution in [0.25, 0.3) is 0 Å². The molecule has 1 saturated heterocycles. The molecule has 5 nitrogen and oxygen atoms in total. The van der Waals surface area contributed by atoms with Gasteiger partial charge in [0.1, 0.15) is 17.3 Å². The Hall–Kier alpha value is -2.43. The summed E-state index contributed by atoms with van der Waals surface area (Å²) in [5.41, 5.74) is 1.95. The van der Waals surface area contributed by atoms with Crippen LogP contribution in [0, 0.1) is 12.8 Å². The molecular formula is C24H34N4O. The van der Waals surface area contributed by atoms with Gasteiger partial charge in [0.15, 0.2) is 0 Å². The maximum absolute atomic E-state index is 13.0. The van der Waals surface area contributed by atoms with Gasteiger partial charge in [0.2, 0.25) is 0 Å². The highest BCUT2D eigenvalue weighted by molar-refractivity contribution is 5.93. The molecule has 0 aliphatic carbocycles. The molecule has 1 aliphatic heterocycles. The third kappa shape index (κ3) is 5.78. The van der Waals surface area contributed by atoms with E-state index in [0.29, 0.717) is 17.4 Å². The maximum Gasteiger partial charge on any atom is 0.272 e. The van der Waals surface area contributed by atoms with E-state index in [1.807, 2.05) is 17.9 Å². The Balaban J connectivity index is 1.66. The summed E-state index contributed by atoms with van der Waals surface area (Å²) in [5, 5.41) is 0. The predicted octanol–water partition coefficient (Wildman–Crippen LogP) is 4.51. The van der Waals surface area contributed by atoms with Crippen molar-refractivity contribution in [2.75, 3.05) is 31.1 Å². The lowest BCUT2D eigenvalue weighted by Gasteiger charge is -2.33. The fourth-order valence-electron chi connectivity index (χ4n) is 4.15. The first-order valence-electron chi connectivity index (χ1n) is 11.0. The summed E-state index contributed by atoms with van der Waals surface area (Å²) in [5.74, 6) is 2.30. The van der Waals surface area contributed by atoms with Crippen LogP contribution in [0.4, 0.5) is 5.82 Å². The fraction of sp³-hybridized carbons (Fsp3) is 0.542. The molecule has 0 N–H and O–H groups in total. The maximum atomic E-state index is 13.0. The van der Waals surface area contributed by atoms with Gasteiger partial charge in [-0.1, -0.05) is 44.2 Å². The number of benzene rings is 1. The molecule has 1 fully saturated rings. The van der Waals surface area contributed by atoms with Crippen molar-refractivity contribution < 1.29 is 4.79 Å². The highest BCUT2D eigenvalue weighted by Crippen LogP contribution is 2.25. The Kier molecular flexibility index (Phi) is 7.62. The highest BCUT2D eigenvalue weighted by Gasteiger charge is 2.23. The topological polar surface area (TPSA) is 49.3 Å². The number of rotatable bonds is 8. The molecule has 2 aromatic rings. The third-order valence-electron chi connectivity index (χ3n) is 5.62. The van der Waals surface area contributed by atoms with E-state index in [0.717, 1.165) is 64.1 Å². The minimum Gasteiger partial charge on any atom is -0.356 e. The third-order valence-corrected chi connectivity index (χ3v) is 5.62. The first kappa shape index (κ1) is 21.3. The number of aromatic nitrogens is 2. The van der Waals surface area contributed by atoms with Crippen molar-refractivity contribution in [3.63, 3.8) is 0 Å². The summed E-state index contributed by atoms with van der Waals surface area (Å²) in [4.78, 5) is 26.3. The van der Waals surface area contributed by atoms with E-state index in [4.69, 9.17) is 0 Å². The summed E-state index contributed by atoms with van der Waals surface area (Å²) in [7, 11) is 0. The van der Waals surface area contributed by atoms with Crippen LogP contribution in [0.15, 0.2) is 36.4 Å². The van der Waals surface area contributed by atoms with Gasteiger partial charge in [0, 0.05) is 32.2 Å². The highest BCUT2D eigenvalue weighted by atomic mass is 16.2. The van der Waals surface area contributed by atoms with E-state index in [1.54, 1.807) is 0 Å². The average molecular weight is 395 g/mol. The molecule has 0 bridgehead atoms. The summed E-state index contributed by atoms with van der Waals surface area (Å²) >= 11 is 0. The van der Waals surface area contributed by atoms with E-state index in [-0.39, 0.29) is 5.91 Å². The molecule has 29 heavy (non-hydrogen) atoms. The second-order valence-corrected chi connectivity index (χ2v) is 8.07. The SMILES string of the molecule is CCCN(CCC)C(=O)c1cc(N2CCC(Cc3ccccc3)CC2)nc(C)n1. The number of carbonyl (C=O) groups is 1. The van der Waals surface area contributed by atoms with Gasteiger partial charge in [0.25, 0.3) is 5.91 Å². The lowest BCUT2D eigenvalue weighted by molar-refractivity contribution is 0.0749. The van der Waals surface area contributed by atoms with E-state index in [2.05, 4.69) is 59.0 Å². The van der Waals surface area contributed by atoms with Gasteiger partial charge in [-0.15, -0.1) is 0 Å². The Bertz CT molecular complexity index is 779. The second-order valence-electron chi connectivity index (χ2n) is 8.07. The molecule has 1 amide bonds. The second kappa shape index (κ2) is 10.4. The minimum atomic E-state index is 0.0272. The van der Waals surface area contributed by atoms with Crippen molar-refractivity contribution in [1.82, 2.24) is 14.9 Å². The van der Waals surface area contributed by atoms with Gasteiger partial charge in [0.05, 0.1) is 0 Å². The van der Waals surface area contributed by atoms with Crippen molar-refractivity contribution in [3.8, 4) is 0 Å². The molecule has 0 unspecified atom stereocenters. The van der Waals surface area contributed by atoms with Crippen molar-refractivity contribution in [2.45, 2.75) is 52.9 Å². The summed E-state index contributed by atoms with van der Waals surface area (Å²) in [6.45, 7) is 9.60. The predicted molar refractivity (Wildman–Crippen MR) is 118 cm³/mol. The number of hydrogen-bond donors (Lipinski definition) is 0. The molecule has 1 aliphatic rings. The van der Waals surface area contributed by atoms with Gasteiger partial charge in [-0.2, -0.15) is 0 Å². The van der Waals surface area contributed by atoms with Crippen LogP contribution in [0.2, 0.25) is 0 Å². The quantitative estimate of drug-likeness (QED) is 0.661. The molecule has 0 saturated carbocycles. The molecule has 1 aromatic carbocycles. The van der Waals surface area contributed by atoms with Gasteiger partial charge in [-0.05, 0) is 50.5 Å². The molecule has 0 spiro atoms. The van der Waals surface area contributed by atoms with Crippen LogP contribution in [0.3, 0.4) is 0 Å². The number of nitrogens with zero attached hydrogens (tertiary/aromatic N) is 4. The van der Waals surface area contributed by atoms with Gasteiger partial charge < -0.3 is 9.80 Å². The normalized spacial score (nSPS) is 14.8. The van der Waals surface area contributed by atoms with E-state index in [9.17, 15) is 4.79 Å². The largest absolute Gasteiger partial charge is 0.356 e. The first-order chi connectivity index (χ1) is 14.1. The van der Waals surface area contributed by atoms with E-state index in [1.165, 1.54) is 5.56 Å². The number of carbonyl (C=O) groups excluding carboxylic acids is 1. The van der Waals surface area contributed by atoms with Gasteiger partial charge >= 0.3 is 0 Å². The Morgan fingerprint density at radius 2 is 1.72 bits per heavy atom. The summed E-state index contributed by atoms with van der Waals surface area (Å²) < 4.78 is 0. The zero-order valence-electron chi connectivity index (χ0n) is 18.1. The molecule has 0 atom stereocenters. The Labute approximate surface area is 175 Å². The van der Waals surface area contributed by atoms with Crippen molar-refractivity contribution >= 4 is 11.7 Å². The van der Waals surface area contributed by atoms with Crippen molar-refractivity contribution in [2.24, 2.45) is 5.92 Å². The number of aryl methyl sites for hydroxylation is 1. The summed E-state index contributed by atoms with van der Waals surface area (Å²) in [6.07, 6.45) is 5.36. The molecular weight excluding hydrogens is 360 g/mol. The van der Waals surface area contributed by atoms with Crippen molar-refractivity contribution in [3.05, 3.63) is 53.5 Å². The van der Waals surface area contributed by atoms with Gasteiger partial charge in [-0.3, -0.25) is 4.79 Å². The van der Waals surface area contributed by atoms with Gasteiger partial charge in [-0.25, -0.2) is 9.97 Å². The fourth-order valence-corrected chi connectivity index (χ4v) is 4.15. The Morgan fingerprint density at radius 3 is 2.34 bits per heavy atom. The van der Waals surface area contributed by atoms with Crippen LogP contribution in [0.1, 0.15) is 61.4 Å². The lowest BCUT2D eigenvalue weighted by atomic mass is 9.90.